The van der Waals surface area contributed by atoms with Crippen molar-refractivity contribution in [2.24, 2.45) is 11.7 Å². The summed E-state index contributed by atoms with van der Waals surface area (Å²) in [5.74, 6) is 0.284. The summed E-state index contributed by atoms with van der Waals surface area (Å²) >= 11 is 0. The molecule has 15 heavy (non-hydrogen) atoms. The van der Waals surface area contributed by atoms with Crippen LogP contribution in [0.5, 0.6) is 0 Å². The highest BCUT2D eigenvalue weighted by molar-refractivity contribution is 5.99. The lowest BCUT2D eigenvalue weighted by atomic mass is 9.95. The van der Waals surface area contributed by atoms with Crippen LogP contribution < -0.4 is 5.73 Å². The van der Waals surface area contributed by atoms with Gasteiger partial charge in [0.2, 0.25) is 0 Å². The Morgan fingerprint density at radius 2 is 2.00 bits per heavy atom. The van der Waals surface area contributed by atoms with Crippen LogP contribution in [0.25, 0.3) is 0 Å². The van der Waals surface area contributed by atoms with E-state index in [2.05, 4.69) is 25.7 Å². The van der Waals surface area contributed by atoms with E-state index in [0.717, 1.165) is 49.5 Å². The van der Waals surface area contributed by atoms with E-state index in [4.69, 9.17) is 11.1 Å². The second kappa shape index (κ2) is 5.31. The van der Waals surface area contributed by atoms with Gasteiger partial charge in [0, 0.05) is 24.5 Å². The highest BCUT2D eigenvalue weighted by atomic mass is 15.1. The Morgan fingerprint density at radius 3 is 2.53 bits per heavy atom. The smallest absolute Gasteiger partial charge is 0.0388 e. The summed E-state index contributed by atoms with van der Waals surface area (Å²) in [4.78, 5) is 2.40. The van der Waals surface area contributed by atoms with Crippen LogP contribution in [0.3, 0.4) is 0 Å². The number of hydrogen-bond acceptors (Lipinski definition) is 3. The lowest BCUT2D eigenvalue weighted by Crippen LogP contribution is -2.24. The fourth-order valence-electron chi connectivity index (χ4n) is 1.94. The zero-order valence-corrected chi connectivity index (χ0v) is 10.1. The molecule has 1 heterocycles. The predicted molar refractivity (Wildman–Crippen MR) is 65.1 cm³/mol. The Labute approximate surface area is 92.8 Å². The van der Waals surface area contributed by atoms with Crippen LogP contribution in [0, 0.1) is 11.3 Å². The van der Waals surface area contributed by atoms with Crippen LogP contribution in [0.1, 0.15) is 33.6 Å². The van der Waals surface area contributed by atoms with Crippen LogP contribution in [0.4, 0.5) is 0 Å². The van der Waals surface area contributed by atoms with E-state index >= 15 is 0 Å². The van der Waals surface area contributed by atoms with E-state index in [9.17, 15) is 0 Å². The first-order valence-electron chi connectivity index (χ1n) is 5.84. The van der Waals surface area contributed by atoms with Crippen molar-refractivity contribution in [3.8, 4) is 0 Å². The fraction of sp³-hybridized carbons (Fsp3) is 0.750. The molecule has 0 bridgehead atoms. The standard InChI is InChI=1S/C12H23N3/c1-4-15-7-5-10(11(13)6-8-15)12(14)9(2)3/h9,14H,4-8,13H2,1-3H3. The Balaban J connectivity index is 2.74. The summed E-state index contributed by atoms with van der Waals surface area (Å²) in [6, 6.07) is 0. The van der Waals surface area contributed by atoms with Crippen molar-refractivity contribution in [3.63, 3.8) is 0 Å². The van der Waals surface area contributed by atoms with Gasteiger partial charge in [-0.15, -0.1) is 0 Å². The first kappa shape index (κ1) is 12.2. The summed E-state index contributed by atoms with van der Waals surface area (Å²) in [6.07, 6.45) is 1.86. The molecular formula is C12H23N3. The Kier molecular flexibility index (Phi) is 4.33. The van der Waals surface area contributed by atoms with Gasteiger partial charge >= 0.3 is 0 Å². The zero-order valence-electron chi connectivity index (χ0n) is 10.1. The van der Waals surface area contributed by atoms with Gasteiger partial charge in [-0.3, -0.25) is 0 Å². The zero-order chi connectivity index (χ0) is 11.4. The van der Waals surface area contributed by atoms with E-state index in [1.807, 2.05) is 0 Å². The van der Waals surface area contributed by atoms with Crippen molar-refractivity contribution >= 4 is 5.71 Å². The predicted octanol–water partition coefficient (Wildman–Crippen LogP) is 1.99. The van der Waals surface area contributed by atoms with Crippen LogP contribution in [-0.4, -0.2) is 30.2 Å². The number of nitrogens with two attached hydrogens (primary N) is 1. The van der Waals surface area contributed by atoms with E-state index in [1.54, 1.807) is 0 Å². The molecule has 0 aromatic rings. The molecule has 0 aromatic carbocycles. The van der Waals surface area contributed by atoms with Gasteiger partial charge in [0.25, 0.3) is 0 Å². The van der Waals surface area contributed by atoms with Crippen molar-refractivity contribution in [1.82, 2.24) is 4.90 Å². The Morgan fingerprint density at radius 1 is 1.40 bits per heavy atom. The molecule has 0 aliphatic carbocycles. The monoisotopic (exact) mass is 209 g/mol. The van der Waals surface area contributed by atoms with Crippen LogP contribution >= 0.6 is 0 Å². The molecule has 0 aromatic heterocycles. The average molecular weight is 209 g/mol. The summed E-state index contributed by atoms with van der Waals surface area (Å²) in [7, 11) is 0. The summed E-state index contributed by atoms with van der Waals surface area (Å²) in [5.41, 5.74) is 8.81. The third kappa shape index (κ3) is 3.06. The third-order valence-corrected chi connectivity index (χ3v) is 3.11. The highest BCUT2D eigenvalue weighted by Gasteiger charge is 2.18. The molecule has 3 heteroatoms. The molecule has 0 spiro atoms. The van der Waals surface area contributed by atoms with Gasteiger partial charge in [0.1, 0.15) is 0 Å². The molecule has 0 radical (unpaired) electrons. The maximum atomic E-state index is 8.03. The molecular weight excluding hydrogens is 186 g/mol. The summed E-state index contributed by atoms with van der Waals surface area (Å²) in [6.45, 7) is 9.46. The van der Waals surface area contributed by atoms with Gasteiger partial charge in [-0.1, -0.05) is 20.8 Å². The molecule has 0 saturated carbocycles. The lowest BCUT2D eigenvalue weighted by molar-refractivity contribution is 0.303. The van der Waals surface area contributed by atoms with Crippen molar-refractivity contribution in [3.05, 3.63) is 11.3 Å². The van der Waals surface area contributed by atoms with Crippen molar-refractivity contribution in [2.75, 3.05) is 19.6 Å². The van der Waals surface area contributed by atoms with Crippen molar-refractivity contribution in [1.29, 1.82) is 5.41 Å². The van der Waals surface area contributed by atoms with Gasteiger partial charge in [0.05, 0.1) is 0 Å². The van der Waals surface area contributed by atoms with E-state index in [0.29, 0.717) is 0 Å². The van der Waals surface area contributed by atoms with Gasteiger partial charge in [-0.05, 0) is 30.9 Å². The second-order valence-electron chi connectivity index (χ2n) is 4.51. The number of rotatable bonds is 3. The normalized spacial score (nSPS) is 19.5. The molecule has 0 saturated heterocycles. The van der Waals surface area contributed by atoms with Crippen LogP contribution in [0.15, 0.2) is 11.3 Å². The Hall–Kier alpha value is -0.830. The molecule has 0 atom stereocenters. The second-order valence-corrected chi connectivity index (χ2v) is 4.51. The molecule has 0 fully saturated rings. The fourth-order valence-corrected chi connectivity index (χ4v) is 1.94. The first-order valence-corrected chi connectivity index (χ1v) is 5.84. The number of nitrogens with one attached hydrogen (secondary N) is 1. The summed E-state index contributed by atoms with van der Waals surface area (Å²) in [5, 5.41) is 8.03. The van der Waals surface area contributed by atoms with Gasteiger partial charge in [-0.25, -0.2) is 0 Å². The quantitative estimate of drug-likeness (QED) is 0.698. The van der Waals surface area contributed by atoms with Crippen molar-refractivity contribution < 1.29 is 0 Å². The molecule has 1 rings (SSSR count). The van der Waals surface area contributed by atoms with E-state index in [-0.39, 0.29) is 5.92 Å². The molecule has 1 aliphatic heterocycles. The van der Waals surface area contributed by atoms with Gasteiger partial charge in [-0.2, -0.15) is 0 Å². The molecule has 86 valence electrons. The minimum absolute atomic E-state index is 0.284. The maximum Gasteiger partial charge on any atom is 0.0388 e. The average Bonchev–Trinajstić information content (AvgIpc) is 2.39. The van der Waals surface area contributed by atoms with Gasteiger partial charge in [0.15, 0.2) is 0 Å². The largest absolute Gasteiger partial charge is 0.402 e. The van der Waals surface area contributed by atoms with Crippen LogP contribution in [-0.2, 0) is 0 Å². The lowest BCUT2D eigenvalue weighted by Gasteiger charge is -2.17. The molecule has 0 unspecified atom stereocenters. The summed E-state index contributed by atoms with van der Waals surface area (Å²) < 4.78 is 0. The number of nitrogens with zero attached hydrogens (tertiary/aromatic N) is 1. The minimum atomic E-state index is 0.284. The third-order valence-electron chi connectivity index (χ3n) is 3.11. The topological polar surface area (TPSA) is 53.1 Å². The van der Waals surface area contributed by atoms with Gasteiger partial charge < -0.3 is 16.0 Å². The number of hydrogen-bond donors (Lipinski definition) is 2. The van der Waals surface area contributed by atoms with E-state index in [1.165, 1.54) is 0 Å². The van der Waals surface area contributed by atoms with Crippen molar-refractivity contribution in [2.45, 2.75) is 33.6 Å². The highest BCUT2D eigenvalue weighted by Crippen LogP contribution is 2.19. The SMILES string of the molecule is CCN1CCC(N)=C(C(=N)C(C)C)CC1. The molecule has 3 N–H and O–H groups in total. The van der Waals surface area contributed by atoms with Crippen LogP contribution in [0.2, 0.25) is 0 Å². The Bertz CT molecular complexity index is 266. The maximum absolute atomic E-state index is 8.03. The molecule has 1 aliphatic rings. The first-order chi connectivity index (χ1) is 7.06. The molecule has 3 nitrogen and oxygen atoms in total. The minimum Gasteiger partial charge on any atom is -0.402 e. The molecule has 0 amide bonds. The van der Waals surface area contributed by atoms with E-state index < -0.39 is 0 Å².